The molecule has 4 rings (SSSR count). The maximum atomic E-state index is 15.1. The average Bonchev–Trinajstić information content (AvgIpc) is 0.721. The second-order valence-electron chi connectivity index (χ2n) is 28.8. The maximum Gasteiger partial charge on any atom is 0.413 e. The van der Waals surface area contributed by atoms with Crippen molar-refractivity contribution in [2.45, 2.75) is 101 Å². The number of carbonyl (C=O) groups is 17. The van der Waals surface area contributed by atoms with Crippen molar-refractivity contribution in [3.8, 4) is 34.5 Å². The number of allylic oxidation sites excluding steroid dienone is 2. The average molecular weight is 1780 g/mol. The summed E-state index contributed by atoms with van der Waals surface area (Å²) >= 11 is 0. The van der Waals surface area contributed by atoms with Crippen molar-refractivity contribution in [2.75, 3.05) is 72.7 Å². The van der Waals surface area contributed by atoms with Crippen molar-refractivity contribution >= 4 is 134 Å². The summed E-state index contributed by atoms with van der Waals surface area (Å²) in [6.07, 6.45) is 3.32. The molecule has 6 N–H and O–H groups in total. The highest BCUT2D eigenvalue weighted by Gasteiger charge is 2.39. The summed E-state index contributed by atoms with van der Waals surface area (Å²) in [6.45, 7) is 41.8. The lowest BCUT2D eigenvalue weighted by molar-refractivity contribution is -0.146. The van der Waals surface area contributed by atoms with Crippen LogP contribution < -0.4 is 60.3 Å². The maximum absolute atomic E-state index is 15.1. The third-order valence-electron chi connectivity index (χ3n) is 17.1. The number of hydrogen-bond acceptors (Lipinski definition) is 35. The highest BCUT2D eigenvalue weighted by molar-refractivity contribution is 6.27. The van der Waals surface area contributed by atoms with Crippen molar-refractivity contribution in [3.05, 3.63) is 200 Å². The van der Waals surface area contributed by atoms with Gasteiger partial charge in [-0.2, -0.15) is 0 Å². The molecule has 40 nitrogen and oxygen atoms in total. The standard InChI is InChI=1S/C88H98N6O34/c1-20-53(95)34-33-35-83(14,42-112-67(96)22-3)90-78(107)124-61-37-55-54(36-60(61)123-66(21-2)89-84(15,43-113-68(97)23-4)44-114-69(98)24-5)56-38-62(125-79(108)91-85(16,45-115-70(99)25-6)46-116-71(100)26-7)64(127-81(110)93-87(18,49-119-74(103)29-10)50-120-75(104)30-11)40-58(56)59-41-65(128-82(111)94-88(19,51-121-76(105)31-12)52-122-77(106)32-13)63(39-57(55)59)126-80(109)92-86(17,47-117-72(101)27-8)48-118-73(102)28-9/h20-32,36-41,89H,1,3-13,33-35,42-52H2,2,14-19H3,(H,90,107)(H,91,108)(H,92,109)(H,93,110)(H,94,111). The molecule has 0 aliphatic carbocycles. The summed E-state index contributed by atoms with van der Waals surface area (Å²) in [5, 5.41) is 14.1. The Hall–Kier alpha value is -15.9. The fourth-order valence-electron chi connectivity index (χ4n) is 10.6. The van der Waals surface area contributed by atoms with Gasteiger partial charge in [-0.1, -0.05) is 78.9 Å². The lowest BCUT2D eigenvalue weighted by atomic mass is 9.93. The first-order valence-corrected chi connectivity index (χ1v) is 37.9. The van der Waals surface area contributed by atoms with Crippen LogP contribution in [0.2, 0.25) is 0 Å². The van der Waals surface area contributed by atoms with E-state index in [4.69, 9.17) is 80.5 Å². The van der Waals surface area contributed by atoms with Crippen LogP contribution in [0.4, 0.5) is 24.0 Å². The number of nitrogens with one attached hydrogen (secondary N) is 6. The first-order valence-electron chi connectivity index (χ1n) is 37.9. The monoisotopic (exact) mass is 1780 g/mol. The zero-order valence-electron chi connectivity index (χ0n) is 71.2. The van der Waals surface area contributed by atoms with Crippen LogP contribution >= 0.6 is 0 Å². The molecule has 4 aromatic rings. The molecule has 4 aromatic carbocycles. The number of amides is 5. The van der Waals surface area contributed by atoms with Crippen LogP contribution in [0.3, 0.4) is 0 Å². The predicted molar refractivity (Wildman–Crippen MR) is 454 cm³/mol. The molecule has 0 fully saturated rings. The summed E-state index contributed by atoms with van der Waals surface area (Å²) in [7, 11) is 0. The van der Waals surface area contributed by atoms with E-state index in [1.165, 1.54) is 60.6 Å². The summed E-state index contributed by atoms with van der Waals surface area (Å²) in [5.41, 5.74) is -11.2. The first kappa shape index (κ1) is 104. The Balaban J connectivity index is 2.55. The smallest absolute Gasteiger partial charge is 0.413 e. The van der Waals surface area contributed by atoms with Gasteiger partial charge in [0, 0.05) is 73.3 Å². The lowest BCUT2D eigenvalue weighted by Crippen LogP contribution is -2.54. The van der Waals surface area contributed by atoms with E-state index < -0.39 is 242 Å². The van der Waals surface area contributed by atoms with Crippen molar-refractivity contribution < 1.29 is 162 Å². The molecule has 40 heteroatoms. The Labute approximate surface area is 733 Å². The van der Waals surface area contributed by atoms with Crippen LogP contribution in [0.15, 0.2) is 200 Å². The summed E-state index contributed by atoms with van der Waals surface area (Å²) in [4.78, 5) is 226. The fraction of sp³-hybridized carbons (Fsp3) is 0.307. The van der Waals surface area contributed by atoms with Crippen LogP contribution in [-0.2, 0) is 110 Å². The third kappa shape index (κ3) is 33.7. The van der Waals surface area contributed by atoms with Gasteiger partial charge in [0.1, 0.15) is 100 Å². The molecule has 0 aromatic heterocycles. The minimum atomic E-state index is -1.96. The van der Waals surface area contributed by atoms with Crippen molar-refractivity contribution in [2.24, 2.45) is 0 Å². The molecule has 0 spiro atoms. The highest BCUT2D eigenvalue weighted by Crippen LogP contribution is 2.48. The van der Waals surface area contributed by atoms with Gasteiger partial charge in [0.05, 0.1) is 5.54 Å². The van der Waals surface area contributed by atoms with Crippen molar-refractivity contribution in [3.63, 3.8) is 0 Å². The van der Waals surface area contributed by atoms with E-state index in [2.05, 4.69) is 111 Å². The number of rotatable bonds is 52. The van der Waals surface area contributed by atoms with Gasteiger partial charge in [0.25, 0.3) is 0 Å². The molecule has 0 aliphatic heterocycles. The number of benzene rings is 4. The van der Waals surface area contributed by atoms with E-state index in [0.717, 1.165) is 103 Å². The number of esters is 11. The first-order chi connectivity index (χ1) is 60.3. The molecule has 5 amide bonds. The van der Waals surface area contributed by atoms with Gasteiger partial charge in [-0.25, -0.2) is 76.7 Å². The third-order valence-corrected chi connectivity index (χ3v) is 17.1. The number of fused-ring (bicyclic) bond motifs is 6. The van der Waals surface area contributed by atoms with Crippen LogP contribution in [0, 0.1) is 0 Å². The Morgan fingerprint density at radius 3 is 0.586 bits per heavy atom. The molecular formula is C88H98N6O34. The number of carbonyl (C=O) groups excluding carboxylic acids is 17. The minimum absolute atomic E-state index is 0.0342. The van der Waals surface area contributed by atoms with Crippen molar-refractivity contribution in [1.82, 2.24) is 31.9 Å². The van der Waals surface area contributed by atoms with Gasteiger partial charge < -0.3 is 112 Å². The molecular weight excluding hydrogens is 1680 g/mol. The highest BCUT2D eigenvalue weighted by atomic mass is 16.6. The zero-order chi connectivity index (χ0) is 95.9. The molecule has 1 atom stereocenters. The van der Waals surface area contributed by atoms with Gasteiger partial charge in [0.15, 0.2) is 46.2 Å². The largest absolute Gasteiger partial charge is 0.460 e. The molecule has 0 saturated heterocycles. The molecule has 0 heterocycles. The second-order valence-corrected chi connectivity index (χ2v) is 28.8. The fourth-order valence-corrected chi connectivity index (χ4v) is 10.6. The quantitative estimate of drug-likeness (QED) is 0.00789. The van der Waals surface area contributed by atoms with Crippen LogP contribution in [0.1, 0.15) is 67.7 Å². The number of hydrogen-bond donors (Lipinski definition) is 6. The molecule has 0 saturated carbocycles. The van der Waals surface area contributed by atoms with Gasteiger partial charge in [0.2, 0.25) is 0 Å². The van der Waals surface area contributed by atoms with E-state index in [9.17, 15) is 76.7 Å². The lowest BCUT2D eigenvalue weighted by Gasteiger charge is -2.32. The van der Waals surface area contributed by atoms with E-state index >= 15 is 4.79 Å². The number of ether oxygens (including phenoxy) is 17. The Kier molecular flexibility index (Phi) is 39.8. The van der Waals surface area contributed by atoms with Gasteiger partial charge in [-0.15, -0.1) is 0 Å². The Bertz CT molecular complexity index is 5010. The van der Waals surface area contributed by atoms with Crippen LogP contribution in [0.25, 0.3) is 32.3 Å². The number of ketones is 1. The molecule has 0 aliphatic rings. The molecule has 0 radical (unpaired) electrons. The SMILES string of the molecule is C=CC(=O)CCCC(C)(COC(=O)C=C)NC(=O)Oc1cc2c3cc(OC(=O)NC(C)(COC(=O)C=C)COC(=O)C=C)c(OC(=O)NC(C)(COC(=O)C=C)COC(=O)C=C)cc3c3cc(OC(=O)NC(C)(COC(=O)C=C)COC(=O)C=C)c(OC(=O)NC(C)(COC(=O)C=C)COC(=O)C=C)cc3c2cc1OC(=CC)NC(C)(COC(=O)C=C)COC(=O)C=C. The Morgan fingerprint density at radius 1 is 0.250 bits per heavy atom. The molecule has 128 heavy (non-hydrogen) atoms. The van der Waals surface area contributed by atoms with E-state index in [1.54, 1.807) is 0 Å². The summed E-state index contributed by atoms with van der Waals surface area (Å²) in [5.74, 6) is -16.3. The molecule has 0 bridgehead atoms. The molecule has 1 unspecified atom stereocenters. The van der Waals surface area contributed by atoms with Crippen LogP contribution in [0.5, 0.6) is 34.5 Å². The van der Waals surface area contributed by atoms with E-state index in [-0.39, 0.29) is 57.5 Å². The normalized spacial score (nSPS) is 11.6. The van der Waals surface area contributed by atoms with Gasteiger partial charge in [-0.05, 0) is 142 Å². The van der Waals surface area contributed by atoms with E-state index in [1.807, 2.05) is 0 Å². The zero-order valence-corrected chi connectivity index (χ0v) is 71.2. The van der Waals surface area contributed by atoms with Gasteiger partial charge in [-0.3, -0.25) is 4.79 Å². The van der Waals surface area contributed by atoms with Crippen LogP contribution in [-0.4, -0.2) is 208 Å². The summed E-state index contributed by atoms with van der Waals surface area (Å²) < 4.78 is 95.6. The second kappa shape index (κ2) is 48.8. The van der Waals surface area contributed by atoms with Crippen molar-refractivity contribution in [1.29, 1.82) is 0 Å². The Morgan fingerprint density at radius 2 is 0.414 bits per heavy atom. The van der Waals surface area contributed by atoms with E-state index in [0.29, 0.717) is 0 Å². The predicted octanol–water partition coefficient (Wildman–Crippen LogP) is 8.92. The molecule has 684 valence electrons. The van der Waals surface area contributed by atoms with Gasteiger partial charge >= 0.3 is 96.1 Å². The summed E-state index contributed by atoms with van der Waals surface area (Å²) in [6, 6.07) is 6.37. The topological polar surface area (TPSA) is 519 Å². The minimum Gasteiger partial charge on any atom is -0.460 e.